The summed E-state index contributed by atoms with van der Waals surface area (Å²) in [5, 5.41) is 9.24. The van der Waals surface area contributed by atoms with Crippen molar-refractivity contribution in [3.8, 4) is 5.75 Å². The predicted molar refractivity (Wildman–Crippen MR) is 71.2 cm³/mol. The van der Waals surface area contributed by atoms with Crippen molar-refractivity contribution in [3.63, 3.8) is 0 Å². The van der Waals surface area contributed by atoms with Crippen LogP contribution in [0.2, 0.25) is 0 Å². The number of ether oxygens (including phenoxy) is 1. The molecule has 98 valence electrons. The molecular formula is C14H12ClNO3. The molecule has 1 aromatic carbocycles. The van der Waals surface area contributed by atoms with Crippen LogP contribution in [0.25, 0.3) is 0 Å². The normalized spacial score (nSPS) is 11.8. The van der Waals surface area contributed by atoms with Crippen molar-refractivity contribution in [1.29, 1.82) is 0 Å². The highest BCUT2D eigenvalue weighted by molar-refractivity contribution is 6.17. The van der Waals surface area contributed by atoms with Crippen molar-refractivity contribution < 1.29 is 14.6 Å². The fraction of sp³-hybridized carbons (Fsp3) is 0.143. The first-order valence-corrected chi connectivity index (χ1v) is 6.18. The molecule has 1 aromatic heterocycles. The minimum absolute atomic E-state index is 0.349. The maximum Gasteiger partial charge on any atom is 0.349 e. The number of benzene rings is 1. The van der Waals surface area contributed by atoms with Gasteiger partial charge in [-0.25, -0.2) is 4.79 Å². The maximum atomic E-state index is 11.3. The number of nitrogens with zero attached hydrogens (tertiary/aromatic N) is 1. The Morgan fingerprint density at radius 2 is 2.21 bits per heavy atom. The Morgan fingerprint density at radius 1 is 1.37 bits per heavy atom. The number of carboxylic acid groups (broad SMARTS) is 1. The number of carboxylic acids is 1. The minimum Gasteiger partial charge on any atom is -0.478 e. The summed E-state index contributed by atoms with van der Waals surface area (Å²) in [5.74, 6) is -0.249. The molecule has 1 heterocycles. The van der Waals surface area contributed by atoms with Gasteiger partial charge >= 0.3 is 5.97 Å². The summed E-state index contributed by atoms with van der Waals surface area (Å²) in [6.07, 6.45) is 1.97. The Kier molecular flexibility index (Phi) is 4.36. The van der Waals surface area contributed by atoms with Crippen molar-refractivity contribution in [3.05, 3.63) is 59.9 Å². The molecule has 0 saturated carbocycles. The fourth-order valence-corrected chi connectivity index (χ4v) is 1.80. The van der Waals surface area contributed by atoms with Gasteiger partial charge in [0.05, 0.1) is 0 Å². The molecule has 2 aromatic rings. The van der Waals surface area contributed by atoms with Gasteiger partial charge < -0.3 is 9.84 Å². The van der Waals surface area contributed by atoms with E-state index < -0.39 is 12.1 Å². The Bertz CT molecular complexity index is 560. The number of aliphatic carboxylic acids is 1. The topological polar surface area (TPSA) is 59.4 Å². The van der Waals surface area contributed by atoms with Crippen LogP contribution in [0.5, 0.6) is 5.75 Å². The van der Waals surface area contributed by atoms with Crippen molar-refractivity contribution >= 4 is 17.6 Å². The van der Waals surface area contributed by atoms with Gasteiger partial charge in [-0.3, -0.25) is 4.98 Å². The van der Waals surface area contributed by atoms with Gasteiger partial charge in [0.15, 0.2) is 0 Å². The first-order valence-electron chi connectivity index (χ1n) is 5.65. The molecule has 1 unspecified atom stereocenters. The SMILES string of the molecule is O=C(O)C(Oc1cccc(CCl)c1)c1cccnc1. The van der Waals surface area contributed by atoms with Crippen LogP contribution < -0.4 is 4.74 Å². The highest BCUT2D eigenvalue weighted by Gasteiger charge is 2.22. The minimum atomic E-state index is -1.08. The molecule has 5 heteroatoms. The van der Waals surface area contributed by atoms with E-state index in [4.69, 9.17) is 16.3 Å². The second-order valence-corrected chi connectivity index (χ2v) is 4.17. The predicted octanol–water partition coefficient (Wildman–Crippen LogP) is 3.03. The van der Waals surface area contributed by atoms with Crippen molar-refractivity contribution in [1.82, 2.24) is 4.98 Å². The molecule has 4 nitrogen and oxygen atoms in total. The average Bonchev–Trinajstić information content (AvgIpc) is 2.45. The summed E-state index contributed by atoms with van der Waals surface area (Å²) in [5.41, 5.74) is 1.36. The second-order valence-electron chi connectivity index (χ2n) is 3.90. The first-order chi connectivity index (χ1) is 9.20. The van der Waals surface area contributed by atoms with E-state index in [2.05, 4.69) is 4.98 Å². The molecule has 2 rings (SSSR count). The molecule has 0 radical (unpaired) electrons. The second kappa shape index (κ2) is 6.20. The largest absolute Gasteiger partial charge is 0.478 e. The standard InChI is InChI=1S/C14H12ClNO3/c15-8-10-3-1-5-12(7-10)19-13(14(17)18)11-4-2-6-16-9-11/h1-7,9,13H,8H2,(H,17,18). The Labute approximate surface area is 115 Å². The smallest absolute Gasteiger partial charge is 0.349 e. The van der Waals surface area contributed by atoms with Crippen LogP contribution in [0, 0.1) is 0 Å². The molecule has 0 spiro atoms. The maximum absolute atomic E-state index is 11.3. The number of hydrogen-bond acceptors (Lipinski definition) is 3. The molecule has 0 amide bonds. The highest BCUT2D eigenvalue weighted by Crippen LogP contribution is 2.23. The average molecular weight is 278 g/mol. The summed E-state index contributed by atoms with van der Waals surface area (Å²) < 4.78 is 5.51. The number of rotatable bonds is 5. The number of hydrogen-bond donors (Lipinski definition) is 1. The lowest BCUT2D eigenvalue weighted by molar-refractivity contribution is -0.145. The summed E-state index contributed by atoms with van der Waals surface area (Å²) in [7, 11) is 0. The third kappa shape index (κ3) is 3.45. The van der Waals surface area contributed by atoms with Gasteiger partial charge in [-0.1, -0.05) is 18.2 Å². The fourth-order valence-electron chi connectivity index (χ4n) is 1.63. The Balaban J connectivity index is 2.24. The molecule has 0 saturated heterocycles. The van der Waals surface area contributed by atoms with E-state index in [9.17, 15) is 9.90 Å². The molecule has 0 bridgehead atoms. The van der Waals surface area contributed by atoms with Gasteiger partial charge in [0, 0.05) is 23.8 Å². The van der Waals surface area contributed by atoms with Gasteiger partial charge in [0.2, 0.25) is 6.10 Å². The molecule has 1 N–H and O–H groups in total. The molecule has 0 aliphatic carbocycles. The zero-order valence-electron chi connectivity index (χ0n) is 9.99. The number of aromatic nitrogens is 1. The molecule has 0 aliphatic rings. The van der Waals surface area contributed by atoms with E-state index >= 15 is 0 Å². The van der Waals surface area contributed by atoms with E-state index in [0.29, 0.717) is 17.2 Å². The number of halogens is 1. The lowest BCUT2D eigenvalue weighted by Gasteiger charge is -2.15. The van der Waals surface area contributed by atoms with E-state index in [1.807, 2.05) is 6.07 Å². The third-order valence-corrected chi connectivity index (χ3v) is 2.83. The molecule has 1 atom stereocenters. The quantitative estimate of drug-likeness (QED) is 0.854. The molecule has 0 fully saturated rings. The summed E-state index contributed by atoms with van der Waals surface area (Å²) in [6, 6.07) is 10.4. The van der Waals surface area contributed by atoms with Crippen molar-refractivity contribution in [2.75, 3.05) is 0 Å². The molecule has 0 aliphatic heterocycles. The number of pyridine rings is 1. The number of alkyl halides is 1. The van der Waals surface area contributed by atoms with Crippen LogP contribution in [-0.4, -0.2) is 16.1 Å². The van der Waals surface area contributed by atoms with Gasteiger partial charge in [0.25, 0.3) is 0 Å². The lowest BCUT2D eigenvalue weighted by Crippen LogP contribution is -2.18. The zero-order valence-corrected chi connectivity index (χ0v) is 10.7. The molecular weight excluding hydrogens is 266 g/mol. The monoisotopic (exact) mass is 277 g/mol. The summed E-state index contributed by atoms with van der Waals surface area (Å²) in [4.78, 5) is 15.2. The summed E-state index contributed by atoms with van der Waals surface area (Å²) >= 11 is 5.73. The van der Waals surface area contributed by atoms with Crippen LogP contribution >= 0.6 is 11.6 Å². The van der Waals surface area contributed by atoms with E-state index in [0.717, 1.165) is 5.56 Å². The van der Waals surface area contributed by atoms with Crippen molar-refractivity contribution in [2.45, 2.75) is 12.0 Å². The van der Waals surface area contributed by atoms with Crippen molar-refractivity contribution in [2.24, 2.45) is 0 Å². The number of carbonyl (C=O) groups is 1. The zero-order chi connectivity index (χ0) is 13.7. The summed E-state index contributed by atoms with van der Waals surface area (Å²) in [6.45, 7) is 0. The van der Waals surface area contributed by atoms with Gasteiger partial charge in [0.1, 0.15) is 5.75 Å². The van der Waals surface area contributed by atoms with Crippen LogP contribution in [0.3, 0.4) is 0 Å². The Hall–Kier alpha value is -2.07. The first kappa shape index (κ1) is 13.4. The lowest BCUT2D eigenvalue weighted by atomic mass is 10.1. The van der Waals surface area contributed by atoms with Gasteiger partial charge in [-0.05, 0) is 23.8 Å². The van der Waals surface area contributed by atoms with Gasteiger partial charge in [-0.15, -0.1) is 11.6 Å². The molecule has 19 heavy (non-hydrogen) atoms. The van der Waals surface area contributed by atoms with Gasteiger partial charge in [-0.2, -0.15) is 0 Å². The highest BCUT2D eigenvalue weighted by atomic mass is 35.5. The van der Waals surface area contributed by atoms with Crippen LogP contribution in [0.15, 0.2) is 48.8 Å². The van der Waals surface area contributed by atoms with Crippen LogP contribution in [0.1, 0.15) is 17.2 Å². The van der Waals surface area contributed by atoms with E-state index in [1.54, 1.807) is 36.5 Å². The van der Waals surface area contributed by atoms with E-state index in [-0.39, 0.29) is 0 Å². The van der Waals surface area contributed by atoms with E-state index in [1.165, 1.54) is 6.20 Å². The van der Waals surface area contributed by atoms with Crippen LogP contribution in [0.4, 0.5) is 0 Å². The van der Waals surface area contributed by atoms with Crippen LogP contribution in [-0.2, 0) is 10.7 Å². The Morgan fingerprint density at radius 3 is 2.84 bits per heavy atom. The third-order valence-electron chi connectivity index (χ3n) is 2.52.